The summed E-state index contributed by atoms with van der Waals surface area (Å²) >= 11 is 0. The van der Waals surface area contributed by atoms with Gasteiger partial charge in [-0.1, -0.05) is 0 Å². The maximum atomic E-state index is 12.8. The number of anilines is 1. The van der Waals surface area contributed by atoms with Gasteiger partial charge in [-0.2, -0.15) is 13.2 Å². The van der Waals surface area contributed by atoms with E-state index in [0.717, 1.165) is 18.1 Å². The van der Waals surface area contributed by atoms with Crippen LogP contribution in [0.4, 0.5) is 19.0 Å². The molecule has 1 unspecified atom stereocenters. The molecule has 1 aromatic heterocycles. The number of aromatic nitrogens is 2. The van der Waals surface area contributed by atoms with Gasteiger partial charge in [0.2, 0.25) is 0 Å². The van der Waals surface area contributed by atoms with Gasteiger partial charge in [-0.3, -0.25) is 4.90 Å². The number of nitrogens with one attached hydrogen (secondary N) is 1. The molecular formula is C14H21F3N4. The summed E-state index contributed by atoms with van der Waals surface area (Å²) in [4.78, 5) is 10.5. The van der Waals surface area contributed by atoms with Gasteiger partial charge < -0.3 is 5.32 Å². The molecule has 2 heterocycles. The molecule has 1 aliphatic heterocycles. The standard InChI is InChI=1S/C14H21F3N4/c1-3-18-12-7-10(2)19-13(20-12)9-21-6-4-5-11(8-21)14(15,16)17/h7,11H,3-6,8-9H2,1-2H3,(H,18,19,20). The molecule has 4 nitrogen and oxygen atoms in total. The SMILES string of the molecule is CCNc1cc(C)nc(CN2CCCC(C(F)(F)F)C2)n1. The molecule has 0 saturated carbocycles. The fraction of sp³-hybridized carbons (Fsp3) is 0.714. The van der Waals surface area contributed by atoms with Gasteiger partial charge in [-0.05, 0) is 33.2 Å². The van der Waals surface area contributed by atoms with E-state index in [1.807, 2.05) is 19.9 Å². The molecule has 1 aromatic rings. The van der Waals surface area contributed by atoms with E-state index in [2.05, 4.69) is 15.3 Å². The molecule has 0 spiro atoms. The number of piperidine rings is 1. The second kappa shape index (κ2) is 6.60. The predicted octanol–water partition coefficient (Wildman–Crippen LogP) is 2.99. The topological polar surface area (TPSA) is 41.1 Å². The van der Waals surface area contributed by atoms with Gasteiger partial charge in [-0.15, -0.1) is 0 Å². The highest BCUT2D eigenvalue weighted by molar-refractivity contribution is 5.35. The summed E-state index contributed by atoms with van der Waals surface area (Å²) in [5.41, 5.74) is 0.820. The summed E-state index contributed by atoms with van der Waals surface area (Å²) in [6.07, 6.45) is -3.32. The summed E-state index contributed by atoms with van der Waals surface area (Å²) < 4.78 is 38.4. The zero-order valence-corrected chi connectivity index (χ0v) is 12.4. The first kappa shape index (κ1) is 16.0. The summed E-state index contributed by atoms with van der Waals surface area (Å²) in [5, 5.41) is 3.11. The van der Waals surface area contributed by atoms with Crippen molar-refractivity contribution in [1.82, 2.24) is 14.9 Å². The number of likely N-dealkylation sites (tertiary alicyclic amines) is 1. The molecule has 0 amide bonds. The maximum Gasteiger partial charge on any atom is 0.393 e. The highest BCUT2D eigenvalue weighted by Gasteiger charge is 2.41. The van der Waals surface area contributed by atoms with Crippen molar-refractivity contribution in [3.8, 4) is 0 Å². The number of aryl methyl sites for hydroxylation is 1. The molecule has 1 N–H and O–H groups in total. The first-order chi connectivity index (χ1) is 9.88. The average molecular weight is 302 g/mol. The molecule has 0 radical (unpaired) electrons. The lowest BCUT2D eigenvalue weighted by Crippen LogP contribution is -2.41. The zero-order valence-electron chi connectivity index (χ0n) is 12.4. The number of nitrogens with zero attached hydrogens (tertiary/aromatic N) is 3. The molecule has 1 saturated heterocycles. The van der Waals surface area contributed by atoms with E-state index in [9.17, 15) is 13.2 Å². The lowest BCUT2D eigenvalue weighted by molar-refractivity contribution is -0.187. The Morgan fingerprint density at radius 3 is 2.81 bits per heavy atom. The first-order valence-corrected chi connectivity index (χ1v) is 7.26. The number of hydrogen-bond acceptors (Lipinski definition) is 4. The van der Waals surface area contributed by atoms with Crippen molar-refractivity contribution in [3.05, 3.63) is 17.6 Å². The minimum Gasteiger partial charge on any atom is -0.370 e. The van der Waals surface area contributed by atoms with Gasteiger partial charge in [0.05, 0.1) is 12.5 Å². The van der Waals surface area contributed by atoms with Crippen LogP contribution >= 0.6 is 0 Å². The molecule has 1 aliphatic rings. The fourth-order valence-electron chi connectivity index (χ4n) is 2.64. The zero-order chi connectivity index (χ0) is 15.5. The van der Waals surface area contributed by atoms with E-state index in [4.69, 9.17) is 0 Å². The van der Waals surface area contributed by atoms with Gasteiger partial charge >= 0.3 is 6.18 Å². The van der Waals surface area contributed by atoms with Crippen molar-refractivity contribution in [2.75, 3.05) is 25.0 Å². The lowest BCUT2D eigenvalue weighted by atomic mass is 9.97. The normalized spacial score (nSPS) is 20.5. The molecule has 118 valence electrons. The fourth-order valence-corrected chi connectivity index (χ4v) is 2.64. The van der Waals surface area contributed by atoms with E-state index >= 15 is 0 Å². The Morgan fingerprint density at radius 1 is 1.38 bits per heavy atom. The van der Waals surface area contributed by atoms with Crippen LogP contribution in [0.15, 0.2) is 6.07 Å². The molecule has 0 aliphatic carbocycles. The van der Waals surface area contributed by atoms with Crippen LogP contribution in [-0.2, 0) is 6.54 Å². The van der Waals surface area contributed by atoms with Gasteiger partial charge in [0.25, 0.3) is 0 Å². The third-order valence-electron chi connectivity index (χ3n) is 3.59. The smallest absolute Gasteiger partial charge is 0.370 e. The van der Waals surface area contributed by atoms with Gasteiger partial charge in [0.15, 0.2) is 0 Å². The number of hydrogen-bond donors (Lipinski definition) is 1. The first-order valence-electron chi connectivity index (χ1n) is 7.26. The van der Waals surface area contributed by atoms with E-state index in [1.54, 1.807) is 4.90 Å². The minimum absolute atomic E-state index is 0.0390. The summed E-state index contributed by atoms with van der Waals surface area (Å²) in [6, 6.07) is 1.84. The molecule has 1 atom stereocenters. The maximum absolute atomic E-state index is 12.8. The van der Waals surface area contributed by atoms with Crippen LogP contribution < -0.4 is 5.32 Å². The van der Waals surface area contributed by atoms with Crippen LogP contribution in [0.5, 0.6) is 0 Å². The highest BCUT2D eigenvalue weighted by Crippen LogP contribution is 2.33. The Labute approximate surface area is 122 Å². The Bertz CT molecular complexity index is 476. The quantitative estimate of drug-likeness (QED) is 0.928. The van der Waals surface area contributed by atoms with Crippen LogP contribution in [0.1, 0.15) is 31.3 Å². The number of rotatable bonds is 4. The molecule has 1 fully saturated rings. The number of halogens is 3. The number of alkyl halides is 3. The van der Waals surface area contributed by atoms with Crippen molar-refractivity contribution >= 4 is 5.82 Å². The Balaban J connectivity index is 2.04. The molecule has 21 heavy (non-hydrogen) atoms. The summed E-state index contributed by atoms with van der Waals surface area (Å²) in [6.45, 7) is 5.65. The van der Waals surface area contributed by atoms with Crippen LogP contribution in [0.2, 0.25) is 0 Å². The van der Waals surface area contributed by atoms with Crippen molar-refractivity contribution in [2.24, 2.45) is 5.92 Å². The molecule has 2 rings (SSSR count). The molecule has 7 heteroatoms. The summed E-state index contributed by atoms with van der Waals surface area (Å²) in [7, 11) is 0. The Kier molecular flexibility index (Phi) is 5.03. The van der Waals surface area contributed by atoms with Gasteiger partial charge in [0, 0.05) is 24.8 Å². The van der Waals surface area contributed by atoms with E-state index < -0.39 is 12.1 Å². The van der Waals surface area contributed by atoms with Crippen LogP contribution in [0.3, 0.4) is 0 Å². The Hall–Kier alpha value is -1.37. The molecule has 0 aromatic carbocycles. The van der Waals surface area contributed by atoms with E-state index in [0.29, 0.717) is 25.3 Å². The van der Waals surface area contributed by atoms with E-state index in [1.165, 1.54) is 0 Å². The molecular weight excluding hydrogens is 281 g/mol. The predicted molar refractivity (Wildman–Crippen MR) is 75.0 cm³/mol. The Morgan fingerprint density at radius 2 is 2.14 bits per heavy atom. The lowest BCUT2D eigenvalue weighted by Gasteiger charge is -2.33. The summed E-state index contributed by atoms with van der Waals surface area (Å²) in [5.74, 6) is 0.0717. The van der Waals surface area contributed by atoms with Crippen LogP contribution in [0, 0.1) is 12.8 Å². The third kappa shape index (κ3) is 4.56. The van der Waals surface area contributed by atoms with Crippen molar-refractivity contribution in [1.29, 1.82) is 0 Å². The van der Waals surface area contributed by atoms with Crippen LogP contribution in [-0.4, -0.2) is 40.7 Å². The molecule has 0 bridgehead atoms. The minimum atomic E-state index is -4.11. The van der Waals surface area contributed by atoms with Crippen molar-refractivity contribution < 1.29 is 13.2 Å². The third-order valence-corrected chi connectivity index (χ3v) is 3.59. The second-order valence-electron chi connectivity index (χ2n) is 5.46. The van der Waals surface area contributed by atoms with Gasteiger partial charge in [0.1, 0.15) is 11.6 Å². The largest absolute Gasteiger partial charge is 0.393 e. The average Bonchev–Trinajstić information content (AvgIpc) is 2.37. The van der Waals surface area contributed by atoms with Crippen molar-refractivity contribution in [3.63, 3.8) is 0 Å². The monoisotopic (exact) mass is 302 g/mol. The van der Waals surface area contributed by atoms with Crippen molar-refractivity contribution in [2.45, 2.75) is 39.4 Å². The second-order valence-corrected chi connectivity index (χ2v) is 5.46. The van der Waals surface area contributed by atoms with E-state index in [-0.39, 0.29) is 13.0 Å². The van der Waals surface area contributed by atoms with Gasteiger partial charge in [-0.25, -0.2) is 9.97 Å². The highest BCUT2D eigenvalue weighted by atomic mass is 19.4. The van der Waals surface area contributed by atoms with Crippen LogP contribution in [0.25, 0.3) is 0 Å².